The van der Waals surface area contributed by atoms with E-state index in [9.17, 15) is 31.6 Å². The Balaban J connectivity index is 1.37. The van der Waals surface area contributed by atoms with E-state index in [0.717, 1.165) is 27.6 Å². The Morgan fingerprint density at radius 2 is 1.74 bits per heavy atom. The Hall–Kier alpha value is -4.19. The number of H-pyrrole nitrogens is 2. The van der Waals surface area contributed by atoms with Gasteiger partial charge < -0.3 is 10.3 Å². The molecule has 1 aliphatic heterocycles. The Morgan fingerprint density at radius 3 is 2.33 bits per heavy atom. The maximum absolute atomic E-state index is 13.0. The van der Waals surface area contributed by atoms with E-state index in [1.54, 1.807) is 18.3 Å². The summed E-state index contributed by atoms with van der Waals surface area (Å²) in [4.78, 5) is 18.0. The van der Waals surface area contributed by atoms with Gasteiger partial charge in [0.15, 0.2) is 5.82 Å². The first-order valence-electron chi connectivity index (χ1n) is 13.5. The van der Waals surface area contributed by atoms with Crippen LogP contribution in [0.2, 0.25) is 0 Å². The summed E-state index contributed by atoms with van der Waals surface area (Å²) in [5.41, 5.74) is 0.902. The molecule has 0 bridgehead atoms. The van der Waals surface area contributed by atoms with Gasteiger partial charge >= 0.3 is 6.18 Å². The zero-order valence-electron chi connectivity index (χ0n) is 23.5. The predicted molar refractivity (Wildman–Crippen MR) is 155 cm³/mol. The molecule has 0 spiro atoms. The molecule has 1 saturated heterocycles. The summed E-state index contributed by atoms with van der Waals surface area (Å²) in [5.74, 6) is 0.258. The standard InChI is InChI=1S/C29H30F3N7O3S/c1-38(2)43(41,42)22-9-7-21(8-10-22)35-26-24-25(36-37-26)23(17-34-27(24)40)28(11-14-33)12-15-39(16-13-28)18-19-3-5-20(6-4-19)29(30,31)32/h3-10,17H,11-13,15-16,18H2,1-2H3,(H,34,40)(H2,35,36,37). The van der Waals surface area contributed by atoms with E-state index in [1.165, 1.54) is 38.4 Å². The van der Waals surface area contributed by atoms with Crippen LogP contribution in [0.5, 0.6) is 0 Å². The van der Waals surface area contributed by atoms with E-state index >= 15 is 0 Å². The molecule has 43 heavy (non-hydrogen) atoms. The van der Waals surface area contributed by atoms with E-state index in [-0.39, 0.29) is 28.1 Å². The molecular formula is C29H30F3N7O3S. The fourth-order valence-electron chi connectivity index (χ4n) is 5.50. The number of aromatic amines is 2. The van der Waals surface area contributed by atoms with Crippen molar-refractivity contribution in [3.63, 3.8) is 0 Å². The predicted octanol–water partition coefficient (Wildman–Crippen LogP) is 4.71. The van der Waals surface area contributed by atoms with Crippen LogP contribution in [-0.4, -0.2) is 60.0 Å². The highest BCUT2D eigenvalue weighted by Crippen LogP contribution is 2.41. The summed E-state index contributed by atoms with van der Waals surface area (Å²) in [5, 5.41) is 20.4. The van der Waals surface area contributed by atoms with Crippen LogP contribution in [0.15, 0.2) is 64.4 Å². The van der Waals surface area contributed by atoms with Gasteiger partial charge in [-0.2, -0.15) is 23.5 Å². The number of anilines is 2. The molecule has 0 unspecified atom stereocenters. The molecule has 10 nitrogen and oxygen atoms in total. The third-order valence-electron chi connectivity index (χ3n) is 8.00. The number of aromatic nitrogens is 3. The van der Waals surface area contributed by atoms with Crippen molar-refractivity contribution in [3.05, 3.63) is 81.8 Å². The molecule has 0 amide bonds. The molecule has 14 heteroatoms. The minimum atomic E-state index is -4.38. The number of rotatable bonds is 8. The number of nitriles is 1. The van der Waals surface area contributed by atoms with Crippen LogP contribution in [0, 0.1) is 11.3 Å². The van der Waals surface area contributed by atoms with Crippen LogP contribution in [0.4, 0.5) is 24.7 Å². The van der Waals surface area contributed by atoms with Gasteiger partial charge in [0.1, 0.15) is 5.39 Å². The first-order chi connectivity index (χ1) is 20.3. The number of piperidine rings is 1. The normalized spacial score (nSPS) is 15.9. The number of pyridine rings is 1. The highest BCUT2D eigenvalue weighted by atomic mass is 32.2. The van der Waals surface area contributed by atoms with Gasteiger partial charge in [-0.1, -0.05) is 12.1 Å². The molecule has 1 fully saturated rings. The number of halogens is 3. The Morgan fingerprint density at radius 1 is 1.09 bits per heavy atom. The SMILES string of the molecule is CN(C)S(=O)(=O)c1ccc(Nc2n[nH]c3c(C4(CC#N)CCN(Cc5ccc(C(F)(F)F)cc5)CC4)c[nH]c(=O)c23)cc1. The highest BCUT2D eigenvalue weighted by Gasteiger charge is 2.39. The fraction of sp³-hybridized carbons (Fsp3) is 0.345. The number of fused-ring (bicyclic) bond motifs is 1. The third kappa shape index (κ3) is 6.01. The number of hydrogen-bond acceptors (Lipinski definition) is 7. The van der Waals surface area contributed by atoms with Crippen LogP contribution in [-0.2, 0) is 28.2 Å². The number of nitrogens with zero attached hydrogens (tertiary/aromatic N) is 4. The van der Waals surface area contributed by atoms with Gasteiger partial charge in [-0.25, -0.2) is 12.7 Å². The van der Waals surface area contributed by atoms with Gasteiger partial charge in [0.2, 0.25) is 10.0 Å². The van der Waals surface area contributed by atoms with E-state index in [4.69, 9.17) is 0 Å². The third-order valence-corrected chi connectivity index (χ3v) is 9.82. The molecule has 0 aliphatic carbocycles. The molecule has 3 heterocycles. The number of likely N-dealkylation sites (tertiary alicyclic amines) is 1. The average Bonchev–Trinajstić information content (AvgIpc) is 3.39. The van der Waals surface area contributed by atoms with Crippen molar-refractivity contribution in [1.29, 1.82) is 5.26 Å². The van der Waals surface area contributed by atoms with E-state index in [1.807, 2.05) is 0 Å². The second kappa shape index (κ2) is 11.5. The smallest absolute Gasteiger partial charge is 0.338 e. The minimum absolute atomic E-state index is 0.123. The fourth-order valence-corrected chi connectivity index (χ4v) is 6.40. The van der Waals surface area contributed by atoms with Crippen molar-refractivity contribution in [2.24, 2.45) is 0 Å². The van der Waals surface area contributed by atoms with Crippen molar-refractivity contribution in [2.45, 2.75) is 42.3 Å². The lowest BCUT2D eigenvalue weighted by Gasteiger charge is -2.41. The van der Waals surface area contributed by atoms with E-state index in [0.29, 0.717) is 43.7 Å². The lowest BCUT2D eigenvalue weighted by molar-refractivity contribution is -0.137. The summed E-state index contributed by atoms with van der Waals surface area (Å²) < 4.78 is 64.7. The second-order valence-corrected chi connectivity index (χ2v) is 13.0. The van der Waals surface area contributed by atoms with Crippen molar-refractivity contribution in [3.8, 4) is 6.07 Å². The average molecular weight is 614 g/mol. The first-order valence-corrected chi connectivity index (χ1v) is 14.9. The van der Waals surface area contributed by atoms with Crippen molar-refractivity contribution >= 4 is 32.4 Å². The summed E-state index contributed by atoms with van der Waals surface area (Å²) in [6.07, 6.45) is -1.38. The molecule has 5 rings (SSSR count). The molecule has 0 saturated carbocycles. The molecular weight excluding hydrogens is 583 g/mol. The summed E-state index contributed by atoms with van der Waals surface area (Å²) in [6.45, 7) is 1.68. The van der Waals surface area contributed by atoms with Crippen molar-refractivity contribution in [2.75, 3.05) is 32.5 Å². The number of hydrogen-bond donors (Lipinski definition) is 3. The van der Waals surface area contributed by atoms with Crippen molar-refractivity contribution < 1.29 is 21.6 Å². The molecule has 226 valence electrons. The molecule has 0 radical (unpaired) electrons. The van der Waals surface area contributed by atoms with E-state index in [2.05, 4.69) is 31.5 Å². The quantitative estimate of drug-likeness (QED) is 0.262. The van der Waals surface area contributed by atoms with Gasteiger partial charge in [0.25, 0.3) is 5.56 Å². The van der Waals surface area contributed by atoms with Crippen LogP contribution in [0.25, 0.3) is 10.9 Å². The number of benzene rings is 2. The monoisotopic (exact) mass is 613 g/mol. The van der Waals surface area contributed by atoms with Gasteiger partial charge in [-0.15, -0.1) is 0 Å². The number of sulfonamides is 1. The Kier molecular flexibility index (Phi) is 8.08. The second-order valence-electron chi connectivity index (χ2n) is 10.9. The van der Waals surface area contributed by atoms with Gasteiger partial charge in [-0.3, -0.25) is 14.8 Å². The van der Waals surface area contributed by atoms with Crippen LogP contribution in [0.3, 0.4) is 0 Å². The first kappa shape index (κ1) is 30.3. The molecule has 2 aromatic heterocycles. The molecule has 3 N–H and O–H groups in total. The minimum Gasteiger partial charge on any atom is -0.338 e. The maximum Gasteiger partial charge on any atom is 0.416 e. The van der Waals surface area contributed by atoms with Crippen LogP contribution < -0.4 is 10.9 Å². The highest BCUT2D eigenvalue weighted by molar-refractivity contribution is 7.89. The summed E-state index contributed by atoms with van der Waals surface area (Å²) >= 11 is 0. The largest absolute Gasteiger partial charge is 0.416 e. The van der Waals surface area contributed by atoms with E-state index < -0.39 is 27.2 Å². The number of nitrogens with one attached hydrogen (secondary N) is 3. The van der Waals surface area contributed by atoms with Gasteiger partial charge in [-0.05, 0) is 67.9 Å². The summed E-state index contributed by atoms with van der Waals surface area (Å²) in [7, 11) is -0.703. The Labute approximate surface area is 246 Å². The molecule has 2 aromatic carbocycles. The topological polar surface area (TPSA) is 138 Å². The van der Waals surface area contributed by atoms with Crippen LogP contribution in [0.1, 0.15) is 36.0 Å². The Bertz CT molecular complexity index is 1820. The zero-order chi connectivity index (χ0) is 31.0. The van der Waals surface area contributed by atoms with Crippen molar-refractivity contribution in [1.82, 2.24) is 24.4 Å². The zero-order valence-corrected chi connectivity index (χ0v) is 24.3. The lowest BCUT2D eigenvalue weighted by atomic mass is 9.70. The van der Waals surface area contributed by atoms with Gasteiger partial charge in [0.05, 0.1) is 22.0 Å². The molecule has 4 aromatic rings. The number of alkyl halides is 3. The summed E-state index contributed by atoms with van der Waals surface area (Å²) in [6, 6.07) is 13.5. The van der Waals surface area contributed by atoms with Crippen LogP contribution >= 0.6 is 0 Å². The maximum atomic E-state index is 13.0. The molecule has 0 atom stereocenters. The molecule has 1 aliphatic rings. The van der Waals surface area contributed by atoms with Gasteiger partial charge in [0, 0.05) is 49.9 Å². The lowest BCUT2D eigenvalue weighted by Crippen LogP contribution is -2.42.